The van der Waals surface area contributed by atoms with E-state index in [0.29, 0.717) is 24.0 Å². The van der Waals surface area contributed by atoms with E-state index in [1.807, 2.05) is 12.1 Å². The number of phenolic OH excluding ortho intramolecular Hbond substituents is 1. The minimum absolute atomic E-state index is 0.337. The zero-order valence-electron chi connectivity index (χ0n) is 9.23. The Bertz CT molecular complexity index is 380. The molecular formula is C13H17NO2. The summed E-state index contributed by atoms with van der Waals surface area (Å²) < 4.78 is 5.79. The van der Waals surface area contributed by atoms with Crippen LogP contribution in [0.15, 0.2) is 24.3 Å². The molecule has 2 saturated heterocycles. The smallest absolute Gasteiger partial charge is 0.115 e. The number of aromatic hydroxyl groups is 1. The zero-order chi connectivity index (χ0) is 11.0. The number of ether oxygens (including phenoxy) is 1. The molecule has 3 rings (SSSR count). The molecule has 3 nitrogen and oxygen atoms in total. The van der Waals surface area contributed by atoms with Gasteiger partial charge in [-0.1, -0.05) is 12.1 Å². The fourth-order valence-electron chi connectivity index (χ4n) is 2.77. The van der Waals surface area contributed by atoms with Gasteiger partial charge in [0.05, 0.1) is 12.2 Å². The number of rotatable bonds is 3. The lowest BCUT2D eigenvalue weighted by Gasteiger charge is -2.20. The van der Waals surface area contributed by atoms with Gasteiger partial charge in [-0.05, 0) is 37.0 Å². The molecule has 86 valence electrons. The fourth-order valence-corrected chi connectivity index (χ4v) is 2.77. The van der Waals surface area contributed by atoms with Crippen molar-refractivity contribution in [3.63, 3.8) is 0 Å². The van der Waals surface area contributed by atoms with Crippen LogP contribution >= 0.6 is 0 Å². The molecule has 2 heterocycles. The van der Waals surface area contributed by atoms with Crippen LogP contribution in [0.4, 0.5) is 0 Å². The molecule has 3 unspecified atom stereocenters. The Morgan fingerprint density at radius 2 is 2.31 bits per heavy atom. The second-order valence-electron chi connectivity index (χ2n) is 4.77. The normalized spacial score (nSPS) is 32.1. The van der Waals surface area contributed by atoms with Crippen molar-refractivity contribution in [2.24, 2.45) is 0 Å². The predicted molar refractivity (Wildman–Crippen MR) is 61.2 cm³/mol. The second kappa shape index (κ2) is 4.07. The lowest BCUT2D eigenvalue weighted by atomic mass is 9.95. The minimum Gasteiger partial charge on any atom is -0.508 e. The van der Waals surface area contributed by atoms with Gasteiger partial charge in [0.1, 0.15) is 5.75 Å². The molecule has 2 N–H and O–H groups in total. The molecule has 0 aliphatic carbocycles. The van der Waals surface area contributed by atoms with Crippen LogP contribution in [0.5, 0.6) is 5.75 Å². The van der Waals surface area contributed by atoms with Gasteiger partial charge in [0, 0.05) is 12.6 Å². The van der Waals surface area contributed by atoms with Gasteiger partial charge in [0.25, 0.3) is 0 Å². The van der Waals surface area contributed by atoms with Crippen LogP contribution in [0, 0.1) is 0 Å². The molecule has 1 aromatic rings. The van der Waals surface area contributed by atoms with Gasteiger partial charge in [-0.15, -0.1) is 0 Å². The summed E-state index contributed by atoms with van der Waals surface area (Å²) in [6, 6.07) is 7.91. The predicted octanol–water partition coefficient (Wildman–Crippen LogP) is 1.80. The summed E-state index contributed by atoms with van der Waals surface area (Å²) in [5.74, 6) is 0.337. The number of benzene rings is 1. The number of hydrogen-bond acceptors (Lipinski definition) is 3. The molecule has 0 spiro atoms. The maximum atomic E-state index is 9.36. The van der Waals surface area contributed by atoms with Crippen LogP contribution in [0.25, 0.3) is 0 Å². The third-order valence-corrected chi connectivity index (χ3v) is 3.58. The Balaban J connectivity index is 1.57. The minimum atomic E-state index is 0.337. The van der Waals surface area contributed by atoms with Crippen LogP contribution in [0.2, 0.25) is 0 Å². The largest absolute Gasteiger partial charge is 0.508 e. The first-order valence-electron chi connectivity index (χ1n) is 5.98. The van der Waals surface area contributed by atoms with Crippen LogP contribution < -0.4 is 5.32 Å². The zero-order valence-corrected chi connectivity index (χ0v) is 9.23. The highest BCUT2D eigenvalue weighted by Crippen LogP contribution is 2.34. The van der Waals surface area contributed by atoms with E-state index in [2.05, 4.69) is 5.32 Å². The Hall–Kier alpha value is -1.06. The quantitative estimate of drug-likeness (QED) is 0.814. The summed E-state index contributed by atoms with van der Waals surface area (Å²) in [6.07, 6.45) is 4.48. The Morgan fingerprint density at radius 3 is 3.00 bits per heavy atom. The Kier molecular flexibility index (Phi) is 2.58. The second-order valence-corrected chi connectivity index (χ2v) is 4.77. The Morgan fingerprint density at radius 1 is 1.38 bits per heavy atom. The van der Waals surface area contributed by atoms with E-state index >= 15 is 0 Å². The fraction of sp³-hybridized carbons (Fsp3) is 0.538. The molecule has 2 fully saturated rings. The third-order valence-electron chi connectivity index (χ3n) is 3.58. The van der Waals surface area contributed by atoms with Crippen molar-refractivity contribution in [3.8, 4) is 5.75 Å². The van der Waals surface area contributed by atoms with Crippen molar-refractivity contribution in [3.05, 3.63) is 29.8 Å². The van der Waals surface area contributed by atoms with Crippen molar-refractivity contribution < 1.29 is 9.84 Å². The highest BCUT2D eigenvalue weighted by molar-refractivity contribution is 5.27. The average Bonchev–Trinajstić information content (AvgIpc) is 2.88. The van der Waals surface area contributed by atoms with Gasteiger partial charge in [-0.25, -0.2) is 0 Å². The lowest BCUT2D eigenvalue weighted by molar-refractivity contribution is 0.0973. The maximum Gasteiger partial charge on any atom is 0.115 e. The average molecular weight is 219 g/mol. The van der Waals surface area contributed by atoms with Crippen molar-refractivity contribution in [1.82, 2.24) is 5.32 Å². The van der Waals surface area contributed by atoms with Crippen molar-refractivity contribution in [1.29, 1.82) is 0 Å². The van der Waals surface area contributed by atoms with Gasteiger partial charge in [0.15, 0.2) is 0 Å². The van der Waals surface area contributed by atoms with Crippen LogP contribution in [0.3, 0.4) is 0 Å². The van der Waals surface area contributed by atoms with E-state index in [9.17, 15) is 5.11 Å². The van der Waals surface area contributed by atoms with Gasteiger partial charge >= 0.3 is 0 Å². The number of hydrogen-bond donors (Lipinski definition) is 2. The summed E-state index contributed by atoms with van der Waals surface area (Å²) >= 11 is 0. The number of nitrogens with one attached hydrogen (secondary N) is 1. The first-order valence-corrected chi connectivity index (χ1v) is 5.98. The van der Waals surface area contributed by atoms with Crippen molar-refractivity contribution in [2.45, 2.75) is 44.1 Å². The topological polar surface area (TPSA) is 41.5 Å². The molecule has 0 aromatic heterocycles. The molecule has 2 bridgehead atoms. The lowest BCUT2D eigenvalue weighted by Crippen LogP contribution is -2.36. The van der Waals surface area contributed by atoms with Crippen molar-refractivity contribution in [2.75, 3.05) is 0 Å². The van der Waals surface area contributed by atoms with E-state index < -0.39 is 0 Å². The van der Waals surface area contributed by atoms with Gasteiger partial charge in [0.2, 0.25) is 0 Å². The van der Waals surface area contributed by atoms with Crippen LogP contribution in [-0.4, -0.2) is 23.4 Å². The highest BCUT2D eigenvalue weighted by atomic mass is 16.5. The number of fused-ring (bicyclic) bond motifs is 2. The summed E-state index contributed by atoms with van der Waals surface area (Å²) in [4.78, 5) is 0. The maximum absolute atomic E-state index is 9.36. The summed E-state index contributed by atoms with van der Waals surface area (Å²) in [5.41, 5.74) is 1.13. The van der Waals surface area contributed by atoms with Gasteiger partial charge in [-0.2, -0.15) is 0 Å². The summed E-state index contributed by atoms with van der Waals surface area (Å²) in [5, 5.41) is 12.9. The molecule has 1 aromatic carbocycles. The molecule has 2 aliphatic heterocycles. The standard InChI is InChI=1S/C13H17NO2/c15-10-3-1-2-9(6-10)8-14-12-7-11-4-5-13(12)16-11/h1-3,6,11-15H,4-5,7-8H2. The van der Waals surface area contributed by atoms with Gasteiger partial charge < -0.3 is 15.2 Å². The van der Waals surface area contributed by atoms with Gasteiger partial charge in [-0.3, -0.25) is 0 Å². The molecule has 0 saturated carbocycles. The molecule has 0 radical (unpaired) electrons. The van der Waals surface area contributed by atoms with Crippen molar-refractivity contribution >= 4 is 0 Å². The SMILES string of the molecule is Oc1cccc(CNC2CC3CCC2O3)c1. The number of phenols is 1. The third kappa shape index (κ3) is 1.93. The van der Waals surface area contributed by atoms with E-state index in [0.717, 1.165) is 18.5 Å². The molecule has 2 aliphatic rings. The Labute approximate surface area is 95.4 Å². The van der Waals surface area contributed by atoms with E-state index in [-0.39, 0.29) is 0 Å². The highest BCUT2D eigenvalue weighted by Gasteiger charge is 2.40. The summed E-state index contributed by atoms with van der Waals surface area (Å²) in [7, 11) is 0. The molecule has 3 heteroatoms. The first kappa shape index (κ1) is 10.1. The van der Waals surface area contributed by atoms with Crippen LogP contribution in [0.1, 0.15) is 24.8 Å². The first-order chi connectivity index (χ1) is 7.81. The molecule has 0 amide bonds. The molecule has 16 heavy (non-hydrogen) atoms. The monoisotopic (exact) mass is 219 g/mol. The van der Waals surface area contributed by atoms with E-state index in [1.165, 1.54) is 12.8 Å². The molecular weight excluding hydrogens is 202 g/mol. The van der Waals surface area contributed by atoms with E-state index in [1.54, 1.807) is 12.1 Å². The summed E-state index contributed by atoms with van der Waals surface area (Å²) in [6.45, 7) is 0.811. The van der Waals surface area contributed by atoms with E-state index in [4.69, 9.17) is 4.74 Å². The molecule has 3 atom stereocenters. The van der Waals surface area contributed by atoms with Crippen LogP contribution in [-0.2, 0) is 11.3 Å².